The quantitative estimate of drug-likeness (QED) is 0.0927. The van der Waals surface area contributed by atoms with E-state index >= 15 is 0 Å². The van der Waals surface area contributed by atoms with Crippen LogP contribution in [0.15, 0.2) is 71.7 Å². The number of hydrogen-bond acceptors (Lipinski definition) is 8. The van der Waals surface area contributed by atoms with E-state index in [4.69, 9.17) is 4.74 Å². The first-order chi connectivity index (χ1) is 21.3. The number of carbonyl (C=O) groups excluding carboxylic acids is 4. The van der Waals surface area contributed by atoms with Crippen molar-refractivity contribution in [2.75, 3.05) is 0 Å². The summed E-state index contributed by atoms with van der Waals surface area (Å²) >= 11 is 1.33. The Morgan fingerprint density at radius 3 is 2.36 bits per heavy atom. The molecule has 2 aromatic heterocycles. The lowest BCUT2D eigenvalue weighted by atomic mass is 9.96. The van der Waals surface area contributed by atoms with Gasteiger partial charge in [0.2, 0.25) is 11.8 Å². The van der Waals surface area contributed by atoms with Gasteiger partial charge in [0.1, 0.15) is 24.7 Å². The van der Waals surface area contributed by atoms with E-state index in [0.717, 1.165) is 22.0 Å². The second-order valence-electron chi connectivity index (χ2n) is 10.4. The van der Waals surface area contributed by atoms with Crippen molar-refractivity contribution in [3.8, 4) is 0 Å². The summed E-state index contributed by atoms with van der Waals surface area (Å²) in [5, 5.41) is 20.0. The van der Waals surface area contributed by atoms with E-state index in [-0.39, 0.29) is 25.4 Å². The van der Waals surface area contributed by atoms with Crippen LogP contribution in [-0.4, -0.2) is 57.1 Å². The molecule has 0 fully saturated rings. The molecule has 4 aromatic rings. The van der Waals surface area contributed by atoms with Gasteiger partial charge in [-0.2, -0.15) is 0 Å². The highest BCUT2D eigenvalue weighted by Crippen LogP contribution is 2.20. The number of hydrogen-bond donors (Lipinski definition) is 6. The first-order valence-corrected chi connectivity index (χ1v) is 15.2. The molecule has 2 aromatic carbocycles. The van der Waals surface area contributed by atoms with Gasteiger partial charge in [-0.05, 0) is 23.1 Å². The molecule has 0 aliphatic carbocycles. The average Bonchev–Trinajstić information content (AvgIpc) is 3.71. The number of thiazole rings is 1. The zero-order valence-electron chi connectivity index (χ0n) is 24.4. The molecule has 0 spiro atoms. The maximum absolute atomic E-state index is 13.8. The maximum Gasteiger partial charge on any atom is 0.408 e. The van der Waals surface area contributed by atoms with Gasteiger partial charge in [-0.1, -0.05) is 68.8 Å². The van der Waals surface area contributed by atoms with Crippen molar-refractivity contribution in [1.29, 1.82) is 0 Å². The number of benzene rings is 2. The molecular weight excluding hydrogens is 584 g/mol. The van der Waals surface area contributed by atoms with Crippen LogP contribution in [0.4, 0.5) is 4.79 Å². The molecular formula is C31H36N6O6S. The predicted octanol–water partition coefficient (Wildman–Crippen LogP) is 3.23. The number of hydroxylamine groups is 1. The summed E-state index contributed by atoms with van der Waals surface area (Å²) in [6.45, 7) is 3.68. The highest BCUT2D eigenvalue weighted by Gasteiger charge is 2.33. The Kier molecular flexibility index (Phi) is 11.4. The molecule has 0 aliphatic rings. The van der Waals surface area contributed by atoms with E-state index in [1.54, 1.807) is 29.5 Å². The van der Waals surface area contributed by atoms with Crippen molar-refractivity contribution >= 4 is 46.1 Å². The van der Waals surface area contributed by atoms with Crippen LogP contribution in [0.1, 0.15) is 37.1 Å². The van der Waals surface area contributed by atoms with Crippen molar-refractivity contribution in [2.45, 2.75) is 57.8 Å². The van der Waals surface area contributed by atoms with E-state index in [9.17, 15) is 24.4 Å². The second-order valence-corrected chi connectivity index (χ2v) is 11.1. The molecule has 6 N–H and O–H groups in total. The Labute approximate surface area is 258 Å². The summed E-state index contributed by atoms with van der Waals surface area (Å²) < 4.78 is 5.39. The molecule has 2 heterocycles. The van der Waals surface area contributed by atoms with Crippen molar-refractivity contribution < 1.29 is 29.1 Å². The number of H-pyrrole nitrogens is 1. The van der Waals surface area contributed by atoms with Gasteiger partial charge in [0.05, 0.1) is 11.2 Å². The largest absolute Gasteiger partial charge is 0.445 e. The predicted molar refractivity (Wildman–Crippen MR) is 165 cm³/mol. The number of para-hydroxylation sites is 1. The first-order valence-electron chi connectivity index (χ1n) is 14.2. The van der Waals surface area contributed by atoms with Crippen LogP contribution in [0.3, 0.4) is 0 Å². The van der Waals surface area contributed by atoms with Gasteiger partial charge in [0.15, 0.2) is 0 Å². The number of alkyl carbamates (subject to hydrolysis) is 1. The van der Waals surface area contributed by atoms with E-state index in [0.29, 0.717) is 12.1 Å². The Balaban J connectivity index is 1.52. The third kappa shape index (κ3) is 8.64. The minimum atomic E-state index is -1.13. The Bertz CT molecular complexity index is 1540. The van der Waals surface area contributed by atoms with Crippen molar-refractivity contribution in [3.05, 3.63) is 88.5 Å². The molecule has 232 valence electrons. The number of aromatic nitrogens is 2. The van der Waals surface area contributed by atoms with Crippen molar-refractivity contribution in [2.24, 2.45) is 5.92 Å². The lowest BCUT2D eigenvalue weighted by Crippen LogP contribution is -2.59. The zero-order chi connectivity index (χ0) is 31.5. The number of amides is 4. The fraction of sp³-hybridized carbons (Fsp3) is 0.323. The highest BCUT2D eigenvalue weighted by molar-refractivity contribution is 7.07. The Morgan fingerprint density at radius 2 is 1.66 bits per heavy atom. The number of rotatable bonds is 14. The molecule has 4 amide bonds. The number of carbonyl (C=O) groups is 4. The first kappa shape index (κ1) is 32.2. The minimum absolute atomic E-state index is 0.0132. The van der Waals surface area contributed by atoms with Crippen LogP contribution in [0.2, 0.25) is 0 Å². The molecule has 0 aliphatic heterocycles. The van der Waals surface area contributed by atoms with Crippen LogP contribution >= 0.6 is 11.3 Å². The summed E-state index contributed by atoms with van der Waals surface area (Å²) in [5.74, 6) is -2.38. The molecule has 0 saturated carbocycles. The Morgan fingerprint density at radius 1 is 0.932 bits per heavy atom. The van der Waals surface area contributed by atoms with Crippen LogP contribution in [0.25, 0.3) is 10.9 Å². The van der Waals surface area contributed by atoms with Gasteiger partial charge < -0.3 is 25.7 Å². The molecule has 44 heavy (non-hydrogen) atoms. The third-order valence-electron chi connectivity index (χ3n) is 7.35. The van der Waals surface area contributed by atoms with Crippen LogP contribution < -0.4 is 21.4 Å². The van der Waals surface area contributed by atoms with Gasteiger partial charge in [-0.25, -0.2) is 15.3 Å². The summed E-state index contributed by atoms with van der Waals surface area (Å²) in [5.41, 5.74) is 6.18. The number of fused-ring (bicyclic) bond motifs is 1. The molecule has 0 unspecified atom stereocenters. The van der Waals surface area contributed by atoms with Crippen molar-refractivity contribution in [3.63, 3.8) is 0 Å². The lowest BCUT2D eigenvalue weighted by molar-refractivity contribution is -0.136. The van der Waals surface area contributed by atoms with E-state index in [1.807, 2.05) is 61.5 Å². The molecule has 4 rings (SSSR count). The normalized spacial score (nSPS) is 13.7. The topological polar surface area (TPSA) is 175 Å². The van der Waals surface area contributed by atoms with Crippen LogP contribution in [0, 0.1) is 5.92 Å². The van der Waals surface area contributed by atoms with Crippen molar-refractivity contribution in [1.82, 2.24) is 31.4 Å². The molecule has 4 atom stereocenters. The summed E-state index contributed by atoms with van der Waals surface area (Å²) in [6.07, 6.45) is 1.67. The zero-order valence-corrected chi connectivity index (χ0v) is 25.2. The lowest BCUT2D eigenvalue weighted by Gasteiger charge is -2.28. The van der Waals surface area contributed by atoms with E-state index in [1.165, 1.54) is 11.3 Å². The number of nitrogens with zero attached hydrogens (tertiary/aromatic N) is 1. The van der Waals surface area contributed by atoms with E-state index < -0.39 is 41.9 Å². The van der Waals surface area contributed by atoms with Gasteiger partial charge in [-0.3, -0.25) is 19.6 Å². The second kappa shape index (κ2) is 15.6. The van der Waals surface area contributed by atoms with Gasteiger partial charge in [-0.15, -0.1) is 11.3 Å². The Hall–Kier alpha value is -4.75. The molecule has 0 radical (unpaired) electrons. The van der Waals surface area contributed by atoms with E-state index in [2.05, 4.69) is 25.9 Å². The molecule has 13 heteroatoms. The minimum Gasteiger partial charge on any atom is -0.445 e. The number of nitrogens with one attached hydrogen (secondary N) is 5. The molecule has 0 bridgehead atoms. The fourth-order valence-electron chi connectivity index (χ4n) is 4.69. The van der Waals surface area contributed by atoms with Gasteiger partial charge >= 0.3 is 6.09 Å². The fourth-order valence-corrected chi connectivity index (χ4v) is 5.26. The monoisotopic (exact) mass is 620 g/mol. The highest BCUT2D eigenvalue weighted by atomic mass is 32.1. The molecule has 12 nitrogen and oxygen atoms in total. The SMILES string of the molecule is CC[C@H](C)[C@H](NC(=O)[C@H](Cc1c[nH]c2ccccc12)NC(=O)OCc1ccccc1)C(=O)N[C@@H](Cc1cscn1)C(=O)NO. The molecule has 0 saturated heterocycles. The summed E-state index contributed by atoms with van der Waals surface area (Å²) in [7, 11) is 0. The standard InChI is InChI=1S/C31H36N6O6S/c1-3-19(2)27(30(40)34-26(29(39)37-42)14-22-17-44-18-33-22)36-28(38)25(13-21-15-32-24-12-8-7-11-23(21)24)35-31(41)43-16-20-9-5-4-6-10-20/h4-12,15,17-19,25-27,32,42H,3,13-14,16H2,1-2H3,(H,34,40)(H,35,41)(H,36,38)(H,37,39)/t19-,25-,26-,27-/m0/s1. The number of aromatic amines is 1. The number of ether oxygens (including phenoxy) is 1. The third-order valence-corrected chi connectivity index (χ3v) is 7.99. The van der Waals surface area contributed by atoms with Gasteiger partial charge in [0, 0.05) is 35.3 Å². The van der Waals surface area contributed by atoms with Crippen LogP contribution in [0.5, 0.6) is 0 Å². The van der Waals surface area contributed by atoms with Gasteiger partial charge in [0.25, 0.3) is 5.91 Å². The smallest absolute Gasteiger partial charge is 0.408 e. The maximum atomic E-state index is 13.8. The summed E-state index contributed by atoms with van der Waals surface area (Å²) in [6, 6.07) is 13.5. The average molecular weight is 621 g/mol. The van der Waals surface area contributed by atoms with Crippen LogP contribution in [-0.2, 0) is 38.6 Å². The summed E-state index contributed by atoms with van der Waals surface area (Å²) in [4.78, 5) is 59.9.